The highest BCUT2D eigenvalue weighted by Crippen LogP contribution is 2.27. The van der Waals surface area contributed by atoms with E-state index in [1.165, 1.54) is 12.8 Å². The summed E-state index contributed by atoms with van der Waals surface area (Å²) in [4.78, 5) is 23.4. The summed E-state index contributed by atoms with van der Waals surface area (Å²) in [5.41, 5.74) is 0.545. The zero-order chi connectivity index (χ0) is 15.2. The van der Waals surface area contributed by atoms with E-state index in [0.717, 1.165) is 12.8 Å². The molecule has 0 saturated heterocycles. The zero-order valence-corrected chi connectivity index (χ0v) is 12.2. The van der Waals surface area contributed by atoms with Gasteiger partial charge in [0.25, 0.3) is 0 Å². The van der Waals surface area contributed by atoms with Crippen LogP contribution in [0.5, 0.6) is 5.75 Å². The van der Waals surface area contributed by atoms with Crippen LogP contribution in [0.15, 0.2) is 24.3 Å². The lowest BCUT2D eigenvalue weighted by atomic mass is 10.0. The lowest BCUT2D eigenvalue weighted by Crippen LogP contribution is -2.34. The van der Waals surface area contributed by atoms with Crippen LogP contribution in [0.2, 0.25) is 0 Å². The van der Waals surface area contributed by atoms with Crippen LogP contribution >= 0.6 is 0 Å². The van der Waals surface area contributed by atoms with Crippen molar-refractivity contribution in [2.45, 2.75) is 38.1 Å². The third kappa shape index (κ3) is 4.21. The van der Waals surface area contributed by atoms with E-state index in [1.54, 1.807) is 31.4 Å². The molecule has 0 bridgehead atoms. The molecule has 1 atom stereocenters. The highest BCUT2D eigenvalue weighted by Gasteiger charge is 2.24. The van der Waals surface area contributed by atoms with Crippen LogP contribution in [0.25, 0.3) is 0 Å². The van der Waals surface area contributed by atoms with Crippen molar-refractivity contribution in [2.24, 2.45) is 5.92 Å². The minimum Gasteiger partial charge on any atom is -0.497 e. The number of carbonyl (C=O) groups is 2. The van der Waals surface area contributed by atoms with Gasteiger partial charge in [-0.25, -0.2) is 4.79 Å². The first-order chi connectivity index (χ1) is 10.1. The van der Waals surface area contributed by atoms with Crippen molar-refractivity contribution < 1.29 is 19.4 Å². The van der Waals surface area contributed by atoms with Gasteiger partial charge in [0, 0.05) is 6.42 Å². The molecule has 0 aromatic heterocycles. The van der Waals surface area contributed by atoms with Gasteiger partial charge in [-0.2, -0.15) is 0 Å². The largest absolute Gasteiger partial charge is 0.497 e. The molecule has 0 spiro atoms. The van der Waals surface area contributed by atoms with Gasteiger partial charge in [-0.1, -0.05) is 25.0 Å². The number of carbonyl (C=O) groups excluding carboxylic acids is 1. The first-order valence-electron chi connectivity index (χ1n) is 7.26. The molecule has 114 valence electrons. The predicted octanol–water partition coefficient (Wildman–Crippen LogP) is 2.52. The third-order valence-electron chi connectivity index (χ3n) is 3.95. The summed E-state index contributed by atoms with van der Waals surface area (Å²) in [6.45, 7) is 0. The summed E-state index contributed by atoms with van der Waals surface area (Å²) in [6, 6.07) is 5.69. The van der Waals surface area contributed by atoms with E-state index < -0.39 is 12.0 Å². The number of nitrogens with one attached hydrogen (secondary N) is 1. The Morgan fingerprint density at radius 2 is 1.90 bits per heavy atom. The van der Waals surface area contributed by atoms with E-state index in [-0.39, 0.29) is 5.91 Å². The molecule has 5 nitrogen and oxygen atoms in total. The molecule has 0 radical (unpaired) electrons. The predicted molar refractivity (Wildman–Crippen MR) is 78.1 cm³/mol. The molecule has 5 heteroatoms. The van der Waals surface area contributed by atoms with Crippen LogP contribution < -0.4 is 10.1 Å². The fourth-order valence-corrected chi connectivity index (χ4v) is 2.78. The highest BCUT2D eigenvalue weighted by atomic mass is 16.5. The lowest BCUT2D eigenvalue weighted by Gasteiger charge is -2.17. The minimum absolute atomic E-state index is 0.190. The standard InChI is InChI=1S/C16H21NO4/c1-21-13-8-6-12(7-9-13)15(16(19)20)17-14(18)10-11-4-2-3-5-11/h6-9,11,15H,2-5,10H2,1H3,(H,17,18)(H,19,20). The van der Waals surface area contributed by atoms with Crippen molar-refractivity contribution >= 4 is 11.9 Å². The molecule has 1 saturated carbocycles. The fourth-order valence-electron chi connectivity index (χ4n) is 2.78. The molecule has 1 amide bonds. The number of amides is 1. The van der Waals surface area contributed by atoms with Crippen LogP contribution in [0.3, 0.4) is 0 Å². The molecule has 1 unspecified atom stereocenters. The van der Waals surface area contributed by atoms with E-state index in [4.69, 9.17) is 4.74 Å². The van der Waals surface area contributed by atoms with Crippen LogP contribution in [0, 0.1) is 5.92 Å². The van der Waals surface area contributed by atoms with Gasteiger partial charge in [-0.15, -0.1) is 0 Å². The summed E-state index contributed by atoms with van der Waals surface area (Å²) in [7, 11) is 1.55. The molecule has 21 heavy (non-hydrogen) atoms. The van der Waals surface area contributed by atoms with Crippen molar-refractivity contribution in [3.63, 3.8) is 0 Å². The molecule has 1 fully saturated rings. The number of rotatable bonds is 6. The maximum Gasteiger partial charge on any atom is 0.330 e. The summed E-state index contributed by atoms with van der Waals surface area (Å²) in [5, 5.41) is 11.9. The van der Waals surface area contributed by atoms with Crippen LogP contribution in [-0.4, -0.2) is 24.1 Å². The summed E-state index contributed by atoms with van der Waals surface area (Å²) in [6.07, 6.45) is 4.87. The molecule has 0 heterocycles. The Balaban J connectivity index is 2.00. The van der Waals surface area contributed by atoms with Gasteiger partial charge in [-0.3, -0.25) is 4.79 Å². The zero-order valence-electron chi connectivity index (χ0n) is 12.2. The number of carboxylic acids is 1. The fraction of sp³-hybridized carbons (Fsp3) is 0.500. The van der Waals surface area contributed by atoms with Crippen LogP contribution in [0.1, 0.15) is 43.7 Å². The number of aliphatic carboxylic acids is 1. The normalized spacial score (nSPS) is 16.4. The van der Waals surface area contributed by atoms with Crippen molar-refractivity contribution in [2.75, 3.05) is 7.11 Å². The summed E-state index contributed by atoms with van der Waals surface area (Å²) in [5.74, 6) is -0.194. The molecule has 1 aliphatic rings. The third-order valence-corrected chi connectivity index (χ3v) is 3.95. The monoisotopic (exact) mass is 291 g/mol. The average molecular weight is 291 g/mol. The first kappa shape index (κ1) is 15.4. The first-order valence-corrected chi connectivity index (χ1v) is 7.26. The molecular weight excluding hydrogens is 270 g/mol. The number of benzene rings is 1. The molecule has 1 aromatic carbocycles. The van der Waals surface area contributed by atoms with Gasteiger partial charge in [0.1, 0.15) is 5.75 Å². The van der Waals surface area contributed by atoms with Crippen LogP contribution in [0.4, 0.5) is 0 Å². The van der Waals surface area contributed by atoms with E-state index in [1.807, 2.05) is 0 Å². The second-order valence-electron chi connectivity index (χ2n) is 5.47. The Kier molecular flexibility index (Phi) is 5.20. The molecule has 0 aliphatic heterocycles. The van der Waals surface area contributed by atoms with Crippen molar-refractivity contribution in [3.8, 4) is 5.75 Å². The van der Waals surface area contributed by atoms with E-state index in [0.29, 0.717) is 23.7 Å². The van der Waals surface area contributed by atoms with Gasteiger partial charge >= 0.3 is 5.97 Å². The maximum atomic E-state index is 12.0. The maximum absolute atomic E-state index is 12.0. The quantitative estimate of drug-likeness (QED) is 0.844. The van der Waals surface area contributed by atoms with Gasteiger partial charge in [-0.05, 0) is 36.5 Å². The average Bonchev–Trinajstić information content (AvgIpc) is 2.97. The Hall–Kier alpha value is -2.04. The van der Waals surface area contributed by atoms with E-state index in [2.05, 4.69) is 5.32 Å². The molecule has 2 N–H and O–H groups in total. The van der Waals surface area contributed by atoms with Crippen molar-refractivity contribution in [1.82, 2.24) is 5.32 Å². The second kappa shape index (κ2) is 7.11. The number of methoxy groups -OCH3 is 1. The smallest absolute Gasteiger partial charge is 0.330 e. The van der Waals surface area contributed by atoms with Gasteiger partial charge in [0.15, 0.2) is 6.04 Å². The number of carboxylic acid groups (broad SMARTS) is 1. The molecule has 2 rings (SSSR count). The van der Waals surface area contributed by atoms with Crippen molar-refractivity contribution in [1.29, 1.82) is 0 Å². The van der Waals surface area contributed by atoms with E-state index in [9.17, 15) is 14.7 Å². The summed E-state index contributed by atoms with van der Waals surface area (Å²) >= 11 is 0. The van der Waals surface area contributed by atoms with Gasteiger partial charge < -0.3 is 15.2 Å². The Bertz CT molecular complexity index is 492. The van der Waals surface area contributed by atoms with Crippen LogP contribution in [-0.2, 0) is 9.59 Å². The van der Waals surface area contributed by atoms with Crippen molar-refractivity contribution in [3.05, 3.63) is 29.8 Å². The highest BCUT2D eigenvalue weighted by molar-refractivity contribution is 5.84. The lowest BCUT2D eigenvalue weighted by molar-refractivity contribution is -0.142. The Morgan fingerprint density at radius 1 is 1.29 bits per heavy atom. The van der Waals surface area contributed by atoms with Gasteiger partial charge in [0.05, 0.1) is 7.11 Å². The Morgan fingerprint density at radius 3 is 2.43 bits per heavy atom. The number of hydrogen-bond donors (Lipinski definition) is 2. The number of ether oxygens (including phenoxy) is 1. The Labute approximate surface area is 124 Å². The topological polar surface area (TPSA) is 75.6 Å². The SMILES string of the molecule is COc1ccc(C(NC(=O)CC2CCCC2)C(=O)O)cc1. The molecule has 1 aliphatic carbocycles. The molecule has 1 aromatic rings. The number of hydrogen-bond acceptors (Lipinski definition) is 3. The van der Waals surface area contributed by atoms with Gasteiger partial charge in [0.2, 0.25) is 5.91 Å². The minimum atomic E-state index is -1.06. The van der Waals surface area contributed by atoms with E-state index >= 15 is 0 Å². The summed E-state index contributed by atoms with van der Waals surface area (Å²) < 4.78 is 5.04. The molecular formula is C16H21NO4. The second-order valence-corrected chi connectivity index (χ2v) is 5.47.